The van der Waals surface area contributed by atoms with Gasteiger partial charge in [0.05, 0.1) is 36.0 Å². The number of rotatable bonds is 14. The van der Waals surface area contributed by atoms with Gasteiger partial charge in [0.1, 0.15) is 17.1 Å². The fourth-order valence-electron chi connectivity index (χ4n) is 3.90. The van der Waals surface area contributed by atoms with Gasteiger partial charge in [-0.25, -0.2) is 13.4 Å². The van der Waals surface area contributed by atoms with E-state index in [1.165, 1.54) is 21.1 Å². The van der Waals surface area contributed by atoms with E-state index in [1.807, 2.05) is 20.8 Å². The number of aliphatic hydroxyl groups excluding tert-OH is 1. The molecule has 0 aliphatic rings. The van der Waals surface area contributed by atoms with E-state index in [9.17, 15) is 18.3 Å². The highest BCUT2D eigenvalue weighted by Gasteiger charge is 2.26. The van der Waals surface area contributed by atoms with Crippen LogP contribution >= 0.6 is 0 Å². The Hall–Kier alpha value is -2.80. The number of aromatic amines is 1. The first-order valence-corrected chi connectivity index (χ1v) is 13.6. The van der Waals surface area contributed by atoms with E-state index in [2.05, 4.69) is 10.1 Å². The Bertz CT molecular complexity index is 1330. The fourth-order valence-corrected chi connectivity index (χ4v) is 5.34. The molecule has 0 radical (unpaired) electrons. The number of H-pyrrole nitrogens is 1. The van der Waals surface area contributed by atoms with Gasteiger partial charge in [-0.1, -0.05) is 20.3 Å². The fraction of sp³-hybridized carbons (Fsp3) is 0.542. The number of nitrogens with one attached hydrogen (secondary N) is 1. The second kappa shape index (κ2) is 12.4. The lowest BCUT2D eigenvalue weighted by atomic mass is 10.1. The van der Waals surface area contributed by atoms with E-state index in [0.717, 1.165) is 12.8 Å². The van der Waals surface area contributed by atoms with Crippen LogP contribution in [0.2, 0.25) is 0 Å². The molecule has 0 aliphatic carbocycles. The summed E-state index contributed by atoms with van der Waals surface area (Å²) in [6.45, 7) is 6.56. The molecule has 0 saturated carbocycles. The Labute approximate surface area is 211 Å². The molecule has 0 bridgehead atoms. The Morgan fingerprint density at radius 1 is 1.14 bits per heavy atom. The molecule has 3 rings (SSSR count). The molecule has 0 unspecified atom stereocenters. The third-order valence-corrected chi connectivity index (χ3v) is 7.49. The van der Waals surface area contributed by atoms with Gasteiger partial charge in [0.25, 0.3) is 5.56 Å². The van der Waals surface area contributed by atoms with E-state index in [1.54, 1.807) is 13.1 Å². The van der Waals surface area contributed by atoms with E-state index >= 15 is 0 Å². The van der Waals surface area contributed by atoms with Gasteiger partial charge in [0.15, 0.2) is 5.52 Å². The van der Waals surface area contributed by atoms with Gasteiger partial charge in [0.2, 0.25) is 10.0 Å². The Balaban J connectivity index is 2.16. The molecule has 198 valence electrons. The maximum Gasteiger partial charge on any atom is 0.277 e. The normalized spacial score (nSPS) is 12.1. The van der Waals surface area contributed by atoms with Crippen LogP contribution < -0.4 is 10.3 Å². The lowest BCUT2D eigenvalue weighted by Crippen LogP contribution is -2.36. The third-order valence-electron chi connectivity index (χ3n) is 5.59. The summed E-state index contributed by atoms with van der Waals surface area (Å²) >= 11 is 0. The van der Waals surface area contributed by atoms with Crippen LogP contribution in [0, 0.1) is 0 Å². The van der Waals surface area contributed by atoms with Crippen LogP contribution in [0.1, 0.15) is 39.3 Å². The molecule has 1 aromatic carbocycles. The van der Waals surface area contributed by atoms with Crippen LogP contribution in [0.3, 0.4) is 0 Å². The highest BCUT2D eigenvalue weighted by molar-refractivity contribution is 7.89. The summed E-state index contributed by atoms with van der Waals surface area (Å²) in [7, 11) is -2.28. The standard InChI is InChI=1S/C24H35N5O6S/c1-5-8-19-21-22(28(4)27-19)24(31)26-23(25-21)18-16-17(9-10-20(18)35-14-6-2)36(32,33)29(11-13-30)12-15-34-7-3/h9-10,16,30H,5-8,11-15H2,1-4H3,(H,25,26,31). The first-order chi connectivity index (χ1) is 17.3. The molecule has 0 aliphatic heterocycles. The van der Waals surface area contributed by atoms with Crippen molar-refractivity contribution in [2.24, 2.45) is 7.05 Å². The van der Waals surface area contributed by atoms with E-state index in [4.69, 9.17) is 14.5 Å². The van der Waals surface area contributed by atoms with Crippen molar-refractivity contribution in [3.05, 3.63) is 34.2 Å². The number of hydrogen-bond acceptors (Lipinski definition) is 8. The topological polar surface area (TPSA) is 140 Å². The minimum atomic E-state index is -3.98. The maximum absolute atomic E-state index is 13.5. The second-order valence-corrected chi connectivity index (χ2v) is 10.2. The molecule has 0 atom stereocenters. The van der Waals surface area contributed by atoms with Crippen molar-refractivity contribution in [3.8, 4) is 17.1 Å². The second-order valence-electron chi connectivity index (χ2n) is 8.26. The number of sulfonamides is 1. The largest absolute Gasteiger partial charge is 0.493 e. The quantitative estimate of drug-likeness (QED) is 0.307. The molecule has 11 nitrogen and oxygen atoms in total. The summed E-state index contributed by atoms with van der Waals surface area (Å²) in [4.78, 5) is 20.5. The van der Waals surface area contributed by atoms with Crippen LogP contribution in [0.4, 0.5) is 0 Å². The van der Waals surface area contributed by atoms with Crippen LogP contribution in [-0.4, -0.2) is 77.1 Å². The number of fused-ring (bicyclic) bond motifs is 1. The van der Waals surface area contributed by atoms with E-state index in [-0.39, 0.29) is 42.6 Å². The SMILES string of the molecule is CCCOc1ccc(S(=O)(=O)N(CCO)CCOCC)cc1-c1nc2c(CCC)nn(C)c2c(=O)[nH]1. The summed E-state index contributed by atoms with van der Waals surface area (Å²) in [6, 6.07) is 4.47. The van der Waals surface area contributed by atoms with Gasteiger partial charge in [-0.3, -0.25) is 9.48 Å². The van der Waals surface area contributed by atoms with Crippen molar-refractivity contribution < 1.29 is 23.0 Å². The van der Waals surface area contributed by atoms with Crippen LogP contribution in [0.25, 0.3) is 22.4 Å². The van der Waals surface area contributed by atoms with Crippen molar-refractivity contribution in [1.29, 1.82) is 0 Å². The van der Waals surface area contributed by atoms with Crippen LogP contribution in [0.5, 0.6) is 5.75 Å². The summed E-state index contributed by atoms with van der Waals surface area (Å²) in [6.07, 6.45) is 2.22. The van der Waals surface area contributed by atoms with Crippen molar-refractivity contribution >= 4 is 21.1 Å². The Morgan fingerprint density at radius 3 is 2.58 bits per heavy atom. The molecule has 36 heavy (non-hydrogen) atoms. The number of hydrogen-bond donors (Lipinski definition) is 2. The smallest absolute Gasteiger partial charge is 0.277 e. The van der Waals surface area contributed by atoms with Gasteiger partial charge >= 0.3 is 0 Å². The van der Waals surface area contributed by atoms with Crippen molar-refractivity contribution in [2.45, 2.75) is 44.9 Å². The Morgan fingerprint density at radius 2 is 1.92 bits per heavy atom. The van der Waals surface area contributed by atoms with Crippen LogP contribution in [0.15, 0.2) is 27.9 Å². The predicted octanol–water partition coefficient (Wildman–Crippen LogP) is 2.08. The molecule has 0 fully saturated rings. The average Bonchev–Trinajstić information content (AvgIpc) is 3.17. The van der Waals surface area contributed by atoms with Gasteiger partial charge in [-0.15, -0.1) is 0 Å². The summed E-state index contributed by atoms with van der Waals surface area (Å²) in [5, 5.41) is 13.9. The van der Waals surface area contributed by atoms with E-state index in [0.29, 0.717) is 47.7 Å². The Kier molecular flexibility index (Phi) is 9.60. The molecule has 2 aromatic heterocycles. The molecule has 2 N–H and O–H groups in total. The molecular formula is C24H35N5O6S. The lowest BCUT2D eigenvalue weighted by Gasteiger charge is -2.22. The van der Waals surface area contributed by atoms with Gasteiger partial charge in [-0.05, 0) is 38.0 Å². The zero-order valence-corrected chi connectivity index (χ0v) is 22.1. The van der Waals surface area contributed by atoms with Crippen molar-refractivity contribution in [3.63, 3.8) is 0 Å². The predicted molar refractivity (Wildman–Crippen MR) is 137 cm³/mol. The minimum Gasteiger partial charge on any atom is -0.493 e. The summed E-state index contributed by atoms with van der Waals surface area (Å²) in [5.41, 5.74) is 1.51. The molecule has 0 spiro atoms. The molecule has 0 saturated heterocycles. The van der Waals surface area contributed by atoms with E-state index < -0.39 is 10.0 Å². The zero-order valence-electron chi connectivity index (χ0n) is 21.3. The van der Waals surface area contributed by atoms with Gasteiger partial charge in [0, 0.05) is 26.7 Å². The first-order valence-electron chi connectivity index (χ1n) is 12.2. The highest BCUT2D eigenvalue weighted by Crippen LogP contribution is 2.32. The first kappa shape index (κ1) is 27.8. The summed E-state index contributed by atoms with van der Waals surface area (Å²) in [5.74, 6) is 0.603. The molecule has 2 heterocycles. The number of aryl methyl sites for hydroxylation is 2. The third kappa shape index (κ3) is 5.94. The molecule has 3 aromatic rings. The van der Waals surface area contributed by atoms with Crippen molar-refractivity contribution in [1.82, 2.24) is 24.1 Å². The minimum absolute atomic E-state index is 0.00555. The summed E-state index contributed by atoms with van der Waals surface area (Å²) < 4.78 is 40.8. The van der Waals surface area contributed by atoms with Crippen LogP contribution in [-0.2, 0) is 28.2 Å². The molecular weight excluding hydrogens is 486 g/mol. The monoisotopic (exact) mass is 521 g/mol. The number of ether oxygens (including phenoxy) is 2. The number of benzene rings is 1. The number of nitrogens with zero attached hydrogens (tertiary/aromatic N) is 4. The lowest BCUT2D eigenvalue weighted by molar-refractivity contribution is 0.129. The number of aliphatic hydroxyl groups is 1. The van der Waals surface area contributed by atoms with Crippen molar-refractivity contribution in [2.75, 3.05) is 39.5 Å². The van der Waals surface area contributed by atoms with Gasteiger partial charge < -0.3 is 19.6 Å². The molecule has 0 amide bonds. The number of aromatic nitrogens is 4. The maximum atomic E-state index is 13.5. The average molecular weight is 522 g/mol. The zero-order chi connectivity index (χ0) is 26.3. The van der Waals surface area contributed by atoms with Gasteiger partial charge in [-0.2, -0.15) is 9.40 Å². The molecule has 12 heteroatoms. The highest BCUT2D eigenvalue weighted by atomic mass is 32.2.